The number of nitrogens with zero attached hydrogens (tertiary/aromatic N) is 5. The summed E-state index contributed by atoms with van der Waals surface area (Å²) in [6.45, 7) is 8.96. The van der Waals surface area contributed by atoms with Crippen molar-refractivity contribution in [2.75, 3.05) is 32.1 Å². The molecule has 1 saturated heterocycles. The Morgan fingerprint density at radius 3 is 2.22 bits per heavy atom. The summed E-state index contributed by atoms with van der Waals surface area (Å²) >= 11 is 6.12. The average molecular weight is 600 g/mol. The molecule has 1 aromatic heterocycles. The first kappa shape index (κ1) is 32.7. The van der Waals surface area contributed by atoms with Gasteiger partial charge in [-0.25, -0.2) is 14.8 Å². The summed E-state index contributed by atoms with van der Waals surface area (Å²) in [6, 6.07) is 3.18. The van der Waals surface area contributed by atoms with Crippen LogP contribution in [0, 0.1) is 0 Å². The Kier molecular flexibility index (Phi) is 11.5. The van der Waals surface area contributed by atoms with Gasteiger partial charge >= 0.3 is 12.3 Å². The minimum Gasteiger partial charge on any atom is -0.489 e. The number of ether oxygens (including phenoxy) is 2. The maximum atomic E-state index is 13.6. The van der Waals surface area contributed by atoms with Crippen LogP contribution in [0.15, 0.2) is 30.6 Å². The summed E-state index contributed by atoms with van der Waals surface area (Å²) in [5.41, 5.74) is -0.419. The number of anilines is 1. The molecule has 1 aliphatic heterocycles. The first-order valence-electron chi connectivity index (χ1n) is 14.0. The number of benzene rings is 1. The van der Waals surface area contributed by atoms with Gasteiger partial charge in [0.2, 0.25) is 5.95 Å². The quantitative estimate of drug-likeness (QED) is 0.286. The molecule has 3 atom stereocenters. The summed E-state index contributed by atoms with van der Waals surface area (Å²) in [5.74, 6) is 0.869. The molecule has 2 heterocycles. The zero-order valence-electron chi connectivity index (χ0n) is 24.6. The molecule has 1 aromatic carbocycles. The predicted octanol–water partition coefficient (Wildman–Crippen LogP) is 6.66. The number of amides is 1. The molecule has 228 valence electrons. The van der Waals surface area contributed by atoms with Gasteiger partial charge in [0, 0.05) is 36.2 Å². The summed E-state index contributed by atoms with van der Waals surface area (Å²) in [5, 5.41) is 0.00412. The zero-order valence-corrected chi connectivity index (χ0v) is 25.4. The standard InChI is InChI=1S/C29H41ClF3N5O3/c1-7-23-14-25(15-24(8-2)38(23)28(39)41-19(3)4)37(18-20-11-21(29(31,32)33)13-22(30)12-20)27-34-16-26(17-35-27)40-10-9-36(5)6/h11-13,16-17,19,23-25H,7-10,14-15,18H2,1-6H3/t23-,24+,25?. The SMILES string of the molecule is CC[C@@H]1CC(N(Cc2cc(Cl)cc(C(F)(F)F)c2)c2ncc(OCCN(C)C)cn2)C[C@H](CC)N1C(=O)OC(C)C. The summed E-state index contributed by atoms with van der Waals surface area (Å²) in [4.78, 5) is 27.9. The number of piperidine rings is 1. The van der Waals surface area contributed by atoms with Gasteiger partial charge in [0.25, 0.3) is 0 Å². The van der Waals surface area contributed by atoms with Gasteiger partial charge in [0.1, 0.15) is 6.61 Å². The van der Waals surface area contributed by atoms with Crippen molar-refractivity contribution in [3.8, 4) is 5.75 Å². The lowest BCUT2D eigenvalue weighted by atomic mass is 9.87. The van der Waals surface area contributed by atoms with Crippen LogP contribution in [0.3, 0.4) is 0 Å². The Morgan fingerprint density at radius 1 is 1.10 bits per heavy atom. The minimum atomic E-state index is -4.53. The topological polar surface area (TPSA) is 71.0 Å². The highest BCUT2D eigenvalue weighted by Gasteiger charge is 2.41. The van der Waals surface area contributed by atoms with Gasteiger partial charge in [0.15, 0.2) is 5.75 Å². The van der Waals surface area contributed by atoms with E-state index in [1.165, 1.54) is 6.07 Å². The van der Waals surface area contributed by atoms with Crippen molar-refractivity contribution in [2.45, 2.75) is 90.3 Å². The average Bonchev–Trinajstić information content (AvgIpc) is 2.90. The second-order valence-corrected chi connectivity index (χ2v) is 11.4. The molecule has 3 rings (SSSR count). The molecule has 1 fully saturated rings. The number of carbonyl (C=O) groups excluding carboxylic acids is 1. The lowest BCUT2D eigenvalue weighted by Gasteiger charge is -2.47. The van der Waals surface area contributed by atoms with Gasteiger partial charge in [0.05, 0.1) is 24.1 Å². The van der Waals surface area contributed by atoms with Crippen LogP contribution >= 0.6 is 11.6 Å². The number of halogens is 4. The van der Waals surface area contributed by atoms with Crippen molar-refractivity contribution in [2.24, 2.45) is 0 Å². The highest BCUT2D eigenvalue weighted by molar-refractivity contribution is 6.30. The molecule has 2 aromatic rings. The maximum Gasteiger partial charge on any atom is 0.416 e. The molecule has 0 N–H and O–H groups in total. The van der Waals surface area contributed by atoms with Crippen LogP contribution in [0.2, 0.25) is 5.02 Å². The fraction of sp³-hybridized carbons (Fsp3) is 0.621. The Morgan fingerprint density at radius 2 is 1.71 bits per heavy atom. The largest absolute Gasteiger partial charge is 0.489 e. The molecule has 1 amide bonds. The molecule has 0 saturated carbocycles. The van der Waals surface area contributed by atoms with Gasteiger partial charge in [-0.2, -0.15) is 13.2 Å². The number of hydrogen-bond acceptors (Lipinski definition) is 7. The van der Waals surface area contributed by atoms with Crippen LogP contribution in [0.25, 0.3) is 0 Å². The van der Waals surface area contributed by atoms with E-state index in [0.717, 1.165) is 18.7 Å². The first-order chi connectivity index (χ1) is 19.3. The summed E-state index contributed by atoms with van der Waals surface area (Å²) < 4.78 is 52.1. The monoisotopic (exact) mass is 599 g/mol. The molecule has 12 heteroatoms. The lowest BCUT2D eigenvalue weighted by Crippen LogP contribution is -2.57. The Balaban J connectivity index is 1.96. The first-order valence-corrected chi connectivity index (χ1v) is 14.4. The molecule has 41 heavy (non-hydrogen) atoms. The summed E-state index contributed by atoms with van der Waals surface area (Å²) in [6.07, 6.45) is 0.588. The molecular formula is C29H41ClF3N5O3. The van der Waals surface area contributed by atoms with Crippen LogP contribution in [0.4, 0.5) is 23.9 Å². The molecule has 8 nitrogen and oxygen atoms in total. The third-order valence-corrected chi connectivity index (χ3v) is 7.34. The predicted molar refractivity (Wildman–Crippen MR) is 153 cm³/mol. The van der Waals surface area contributed by atoms with E-state index in [4.69, 9.17) is 21.1 Å². The molecule has 0 bridgehead atoms. The van der Waals surface area contributed by atoms with Crippen LogP contribution in [0.5, 0.6) is 5.75 Å². The highest BCUT2D eigenvalue weighted by Crippen LogP contribution is 2.36. The van der Waals surface area contributed by atoms with Gasteiger partial charge in [-0.05, 0) is 77.4 Å². The number of aromatic nitrogens is 2. The molecule has 0 aliphatic carbocycles. The smallest absolute Gasteiger partial charge is 0.416 e. The van der Waals surface area contributed by atoms with Gasteiger partial charge in [-0.1, -0.05) is 25.4 Å². The lowest BCUT2D eigenvalue weighted by molar-refractivity contribution is -0.137. The molecule has 1 unspecified atom stereocenters. The van der Waals surface area contributed by atoms with E-state index in [9.17, 15) is 18.0 Å². The van der Waals surface area contributed by atoms with E-state index in [1.54, 1.807) is 12.4 Å². The van der Waals surface area contributed by atoms with Gasteiger partial charge in [-0.3, -0.25) is 0 Å². The van der Waals surface area contributed by atoms with E-state index in [-0.39, 0.29) is 41.9 Å². The fourth-order valence-corrected chi connectivity index (χ4v) is 5.39. The van der Waals surface area contributed by atoms with Crippen molar-refractivity contribution in [3.05, 3.63) is 46.7 Å². The normalized spacial score (nSPS) is 19.5. The maximum absolute atomic E-state index is 13.6. The number of carbonyl (C=O) groups is 1. The number of hydrogen-bond donors (Lipinski definition) is 0. The van der Waals surface area contributed by atoms with Crippen LogP contribution < -0.4 is 9.64 Å². The van der Waals surface area contributed by atoms with E-state index >= 15 is 0 Å². The Bertz CT molecular complexity index is 1120. The third-order valence-electron chi connectivity index (χ3n) is 7.12. The molecule has 1 aliphatic rings. The second-order valence-electron chi connectivity index (χ2n) is 10.9. The van der Waals surface area contributed by atoms with E-state index in [2.05, 4.69) is 9.97 Å². The minimum absolute atomic E-state index is 0.00412. The van der Waals surface area contributed by atoms with Crippen LogP contribution in [-0.2, 0) is 17.5 Å². The number of alkyl halides is 3. The van der Waals surface area contributed by atoms with Crippen molar-refractivity contribution >= 4 is 23.6 Å². The van der Waals surface area contributed by atoms with Gasteiger partial charge < -0.3 is 24.2 Å². The molecular weight excluding hydrogens is 559 g/mol. The number of likely N-dealkylation sites (tertiary alicyclic amines) is 1. The summed E-state index contributed by atoms with van der Waals surface area (Å²) in [7, 11) is 3.89. The number of likely N-dealkylation sites (N-methyl/N-ethyl adjacent to an activating group) is 1. The number of rotatable bonds is 11. The van der Waals surface area contributed by atoms with E-state index < -0.39 is 11.7 Å². The van der Waals surface area contributed by atoms with Crippen molar-refractivity contribution in [3.63, 3.8) is 0 Å². The molecule has 0 spiro atoms. The fourth-order valence-electron chi connectivity index (χ4n) is 5.13. The molecule has 0 radical (unpaired) electrons. The van der Waals surface area contributed by atoms with Crippen LogP contribution in [0.1, 0.15) is 64.5 Å². The van der Waals surface area contributed by atoms with E-state index in [0.29, 0.717) is 49.6 Å². The van der Waals surface area contributed by atoms with Crippen molar-refractivity contribution < 1.29 is 27.4 Å². The Hall–Kier alpha value is -2.79. The van der Waals surface area contributed by atoms with E-state index in [1.807, 2.05) is 56.5 Å². The van der Waals surface area contributed by atoms with Crippen LogP contribution in [-0.4, -0.2) is 77.3 Å². The second kappa shape index (κ2) is 14.4. The highest BCUT2D eigenvalue weighted by atomic mass is 35.5. The third kappa shape index (κ3) is 9.10. The van der Waals surface area contributed by atoms with Gasteiger partial charge in [-0.15, -0.1) is 0 Å². The zero-order chi connectivity index (χ0) is 30.3. The van der Waals surface area contributed by atoms with Crippen molar-refractivity contribution in [1.29, 1.82) is 0 Å². The Labute approximate surface area is 245 Å². The van der Waals surface area contributed by atoms with Crippen molar-refractivity contribution in [1.82, 2.24) is 19.8 Å².